The molecule has 1 aromatic carbocycles. The molecule has 0 heterocycles. The number of hydrogen-bond acceptors (Lipinski definition) is 2. The van der Waals surface area contributed by atoms with Crippen LogP contribution < -0.4 is 4.74 Å². The van der Waals surface area contributed by atoms with Gasteiger partial charge in [0.2, 0.25) is 0 Å². The average Bonchev–Trinajstić information content (AvgIpc) is 1.95. The zero-order valence-corrected chi connectivity index (χ0v) is 7.78. The van der Waals surface area contributed by atoms with E-state index in [1.165, 1.54) is 6.92 Å². The van der Waals surface area contributed by atoms with Crippen molar-refractivity contribution in [3.8, 4) is 11.5 Å². The molecule has 6 heteroatoms. The van der Waals surface area contributed by atoms with E-state index in [4.69, 9.17) is 16.7 Å². The lowest BCUT2D eigenvalue weighted by atomic mass is 10.2. The van der Waals surface area contributed by atoms with E-state index in [0.29, 0.717) is 0 Å². The number of phenols is 1. The molecule has 14 heavy (non-hydrogen) atoms. The first-order chi connectivity index (χ1) is 6.29. The maximum absolute atomic E-state index is 11.9. The van der Waals surface area contributed by atoms with Crippen molar-refractivity contribution in [1.29, 1.82) is 0 Å². The third-order valence-electron chi connectivity index (χ3n) is 1.43. The molecule has 0 saturated heterocycles. The van der Waals surface area contributed by atoms with Crippen LogP contribution in [-0.2, 0) is 0 Å². The standard InChI is InChI=1S/C8H6ClF3O2/c1-4-2-5(13)3-6(9)7(4)14-8(10,11)12/h2-3,13H,1H3. The van der Waals surface area contributed by atoms with Gasteiger partial charge in [-0.05, 0) is 18.6 Å². The summed E-state index contributed by atoms with van der Waals surface area (Å²) in [6, 6.07) is 2.11. The average molecular weight is 227 g/mol. The van der Waals surface area contributed by atoms with Crippen molar-refractivity contribution in [2.24, 2.45) is 0 Å². The van der Waals surface area contributed by atoms with Gasteiger partial charge in [-0.1, -0.05) is 11.6 Å². The highest BCUT2D eigenvalue weighted by atomic mass is 35.5. The second-order valence-corrected chi connectivity index (χ2v) is 3.03. The predicted octanol–water partition coefficient (Wildman–Crippen LogP) is 3.25. The molecule has 0 spiro atoms. The highest BCUT2D eigenvalue weighted by Gasteiger charge is 2.32. The fourth-order valence-corrected chi connectivity index (χ4v) is 1.26. The Kier molecular flexibility index (Phi) is 2.80. The van der Waals surface area contributed by atoms with Crippen LogP contribution in [0.5, 0.6) is 11.5 Å². The number of aryl methyl sites for hydroxylation is 1. The van der Waals surface area contributed by atoms with E-state index in [9.17, 15) is 13.2 Å². The Hall–Kier alpha value is -1.10. The summed E-state index contributed by atoms with van der Waals surface area (Å²) in [4.78, 5) is 0. The SMILES string of the molecule is Cc1cc(O)cc(Cl)c1OC(F)(F)F. The molecule has 0 saturated carbocycles. The maximum Gasteiger partial charge on any atom is 0.573 e. The lowest BCUT2D eigenvalue weighted by Crippen LogP contribution is -2.18. The molecule has 2 nitrogen and oxygen atoms in total. The fourth-order valence-electron chi connectivity index (χ4n) is 0.958. The summed E-state index contributed by atoms with van der Waals surface area (Å²) in [5, 5.41) is 8.72. The van der Waals surface area contributed by atoms with E-state index in [1.807, 2.05) is 0 Å². The second-order valence-electron chi connectivity index (χ2n) is 2.62. The summed E-state index contributed by atoms with van der Waals surface area (Å²) in [6.45, 7) is 1.35. The number of halogens is 4. The molecule has 0 aromatic heterocycles. The lowest BCUT2D eigenvalue weighted by Gasteiger charge is -2.12. The molecular formula is C8H6ClF3O2. The van der Waals surface area contributed by atoms with Crippen molar-refractivity contribution in [1.82, 2.24) is 0 Å². The van der Waals surface area contributed by atoms with Gasteiger partial charge in [0.25, 0.3) is 0 Å². The minimum Gasteiger partial charge on any atom is -0.508 e. The smallest absolute Gasteiger partial charge is 0.508 e. The van der Waals surface area contributed by atoms with Gasteiger partial charge in [-0.25, -0.2) is 0 Å². The van der Waals surface area contributed by atoms with E-state index in [1.54, 1.807) is 0 Å². The molecule has 0 aliphatic rings. The Bertz CT molecular complexity index is 326. The molecule has 1 rings (SSSR count). The van der Waals surface area contributed by atoms with Gasteiger partial charge in [-0.15, -0.1) is 13.2 Å². The molecule has 0 bridgehead atoms. The van der Waals surface area contributed by atoms with Crippen LogP contribution in [0, 0.1) is 6.92 Å². The summed E-state index contributed by atoms with van der Waals surface area (Å²) in [5.74, 6) is -0.695. The number of aromatic hydroxyl groups is 1. The van der Waals surface area contributed by atoms with Gasteiger partial charge in [-0.3, -0.25) is 0 Å². The first kappa shape index (κ1) is 11.0. The van der Waals surface area contributed by atoms with Gasteiger partial charge in [0.05, 0.1) is 5.02 Å². The number of hydrogen-bond donors (Lipinski definition) is 1. The molecule has 0 amide bonds. The summed E-state index contributed by atoms with van der Waals surface area (Å²) in [5.41, 5.74) is 0.118. The third kappa shape index (κ3) is 2.70. The molecule has 0 atom stereocenters. The number of rotatable bonds is 1. The summed E-state index contributed by atoms with van der Waals surface area (Å²) < 4.78 is 39.3. The van der Waals surface area contributed by atoms with Gasteiger partial charge < -0.3 is 9.84 Å². The fraction of sp³-hybridized carbons (Fsp3) is 0.250. The van der Waals surface area contributed by atoms with Crippen molar-refractivity contribution < 1.29 is 23.0 Å². The Morgan fingerprint density at radius 1 is 1.36 bits per heavy atom. The van der Waals surface area contributed by atoms with Crippen molar-refractivity contribution in [2.45, 2.75) is 13.3 Å². The van der Waals surface area contributed by atoms with E-state index in [-0.39, 0.29) is 16.3 Å². The first-order valence-electron chi connectivity index (χ1n) is 3.54. The van der Waals surface area contributed by atoms with E-state index in [0.717, 1.165) is 12.1 Å². The molecule has 1 aromatic rings. The van der Waals surface area contributed by atoms with E-state index >= 15 is 0 Å². The van der Waals surface area contributed by atoms with Crippen LogP contribution in [0.2, 0.25) is 5.02 Å². The Morgan fingerprint density at radius 2 is 1.93 bits per heavy atom. The topological polar surface area (TPSA) is 29.5 Å². The number of benzene rings is 1. The van der Waals surface area contributed by atoms with E-state index in [2.05, 4.69) is 4.74 Å². The largest absolute Gasteiger partial charge is 0.573 e. The maximum atomic E-state index is 11.9. The van der Waals surface area contributed by atoms with Crippen LogP contribution in [0.4, 0.5) is 13.2 Å². The molecule has 0 aliphatic carbocycles. The van der Waals surface area contributed by atoms with Crippen LogP contribution in [0.3, 0.4) is 0 Å². The van der Waals surface area contributed by atoms with Crippen LogP contribution in [-0.4, -0.2) is 11.5 Å². The van der Waals surface area contributed by atoms with Crippen molar-refractivity contribution >= 4 is 11.6 Å². The first-order valence-corrected chi connectivity index (χ1v) is 3.92. The van der Waals surface area contributed by atoms with Crippen LogP contribution >= 0.6 is 11.6 Å². The van der Waals surface area contributed by atoms with Gasteiger partial charge >= 0.3 is 6.36 Å². The number of ether oxygens (including phenoxy) is 1. The van der Waals surface area contributed by atoms with Crippen LogP contribution in [0.15, 0.2) is 12.1 Å². The summed E-state index contributed by atoms with van der Waals surface area (Å²) >= 11 is 5.46. The highest BCUT2D eigenvalue weighted by Crippen LogP contribution is 2.35. The molecular weight excluding hydrogens is 221 g/mol. The zero-order chi connectivity index (χ0) is 10.9. The summed E-state index contributed by atoms with van der Waals surface area (Å²) in [7, 11) is 0. The van der Waals surface area contributed by atoms with Gasteiger partial charge in [0.1, 0.15) is 5.75 Å². The second kappa shape index (κ2) is 3.57. The predicted molar refractivity (Wildman–Crippen MR) is 44.5 cm³/mol. The Labute approximate surface area is 82.9 Å². The minimum atomic E-state index is -4.79. The van der Waals surface area contributed by atoms with Gasteiger partial charge in [0, 0.05) is 6.07 Å². The van der Waals surface area contributed by atoms with E-state index < -0.39 is 12.1 Å². The quantitative estimate of drug-likeness (QED) is 0.797. The summed E-state index contributed by atoms with van der Waals surface area (Å²) in [6.07, 6.45) is -4.79. The van der Waals surface area contributed by atoms with Gasteiger partial charge in [-0.2, -0.15) is 0 Å². The highest BCUT2D eigenvalue weighted by molar-refractivity contribution is 6.32. The van der Waals surface area contributed by atoms with Crippen molar-refractivity contribution in [2.75, 3.05) is 0 Å². The van der Waals surface area contributed by atoms with Crippen molar-refractivity contribution in [3.63, 3.8) is 0 Å². The molecule has 0 radical (unpaired) electrons. The molecule has 0 aliphatic heterocycles. The lowest BCUT2D eigenvalue weighted by molar-refractivity contribution is -0.274. The monoisotopic (exact) mass is 226 g/mol. The van der Waals surface area contributed by atoms with Gasteiger partial charge in [0.15, 0.2) is 5.75 Å². The molecule has 0 unspecified atom stereocenters. The minimum absolute atomic E-state index is 0.118. The van der Waals surface area contributed by atoms with Crippen LogP contribution in [0.25, 0.3) is 0 Å². The molecule has 0 fully saturated rings. The van der Waals surface area contributed by atoms with Crippen LogP contribution in [0.1, 0.15) is 5.56 Å². The molecule has 78 valence electrons. The number of alkyl halides is 3. The van der Waals surface area contributed by atoms with Crippen molar-refractivity contribution in [3.05, 3.63) is 22.7 Å². The Morgan fingerprint density at radius 3 is 2.36 bits per heavy atom. The number of phenolic OH excluding ortho intramolecular Hbond substituents is 1. The Balaban J connectivity index is 3.09. The molecule has 1 N–H and O–H groups in total. The zero-order valence-electron chi connectivity index (χ0n) is 7.02. The third-order valence-corrected chi connectivity index (χ3v) is 1.71. The normalized spacial score (nSPS) is 11.5.